The molecule has 4 heterocycles. The summed E-state index contributed by atoms with van der Waals surface area (Å²) < 4.78 is 5.21. The molecule has 0 spiro atoms. The van der Waals surface area contributed by atoms with E-state index in [-0.39, 0.29) is 17.9 Å². The zero-order chi connectivity index (χ0) is 17.2. The topological polar surface area (TPSA) is 58.6 Å². The van der Waals surface area contributed by atoms with E-state index in [9.17, 15) is 4.79 Å². The fourth-order valence-electron chi connectivity index (χ4n) is 3.83. The van der Waals surface area contributed by atoms with Crippen molar-refractivity contribution in [2.45, 2.75) is 25.4 Å². The van der Waals surface area contributed by atoms with Crippen molar-refractivity contribution in [3.05, 3.63) is 48.3 Å². The summed E-state index contributed by atoms with van der Waals surface area (Å²) in [7, 11) is 1.60. The van der Waals surface area contributed by atoms with Crippen molar-refractivity contribution >= 4 is 11.7 Å². The number of benzene rings is 1. The van der Waals surface area contributed by atoms with Gasteiger partial charge in [-0.05, 0) is 18.4 Å². The Labute approximate surface area is 147 Å². The van der Waals surface area contributed by atoms with Gasteiger partial charge >= 0.3 is 0 Å². The van der Waals surface area contributed by atoms with E-state index in [2.05, 4.69) is 31.9 Å². The van der Waals surface area contributed by atoms with Crippen LogP contribution in [0.5, 0.6) is 5.88 Å². The molecule has 0 N–H and O–H groups in total. The molecule has 3 aliphatic heterocycles. The van der Waals surface area contributed by atoms with E-state index in [4.69, 9.17) is 4.74 Å². The Bertz CT molecular complexity index is 752. The lowest BCUT2D eigenvalue weighted by Crippen LogP contribution is -2.47. The van der Waals surface area contributed by atoms with Crippen molar-refractivity contribution in [3.63, 3.8) is 0 Å². The lowest BCUT2D eigenvalue weighted by molar-refractivity contribution is -0.140. The van der Waals surface area contributed by atoms with Crippen LogP contribution in [0.4, 0.5) is 5.82 Å². The summed E-state index contributed by atoms with van der Waals surface area (Å²) in [6.07, 6.45) is 3.51. The van der Waals surface area contributed by atoms with Crippen LogP contribution < -0.4 is 9.64 Å². The van der Waals surface area contributed by atoms with Crippen LogP contribution in [0.15, 0.2) is 42.7 Å². The van der Waals surface area contributed by atoms with E-state index in [1.165, 1.54) is 11.9 Å². The van der Waals surface area contributed by atoms with Gasteiger partial charge in [0, 0.05) is 31.7 Å². The highest BCUT2D eigenvalue weighted by Crippen LogP contribution is 2.32. The number of hydrogen-bond acceptors (Lipinski definition) is 5. The van der Waals surface area contributed by atoms with E-state index < -0.39 is 0 Å². The molecule has 1 aromatic carbocycles. The second-order valence-corrected chi connectivity index (χ2v) is 6.70. The smallest absolute Gasteiger partial charge is 0.228 e. The maximum atomic E-state index is 13.0. The summed E-state index contributed by atoms with van der Waals surface area (Å²) in [5.74, 6) is 1.68. The van der Waals surface area contributed by atoms with E-state index in [0.717, 1.165) is 25.2 Å². The highest BCUT2D eigenvalue weighted by Gasteiger charge is 2.40. The molecule has 3 fully saturated rings. The minimum Gasteiger partial charge on any atom is -0.481 e. The van der Waals surface area contributed by atoms with Crippen molar-refractivity contribution in [1.29, 1.82) is 0 Å². The van der Waals surface area contributed by atoms with Crippen LogP contribution in [-0.4, -0.2) is 47.0 Å². The van der Waals surface area contributed by atoms with Gasteiger partial charge in [-0.25, -0.2) is 9.97 Å². The molecule has 25 heavy (non-hydrogen) atoms. The molecule has 0 radical (unpaired) electrons. The number of fused-ring (bicyclic) bond motifs is 4. The monoisotopic (exact) mass is 338 g/mol. The minimum absolute atomic E-state index is 0.0309. The SMILES string of the molecule is COc1cc(N2C[C@H]3CC[C@@H](C2)N(Cc2ccccc2)C3=O)ncn1. The number of rotatable bonds is 4. The largest absolute Gasteiger partial charge is 0.481 e. The molecule has 0 unspecified atom stereocenters. The first-order chi connectivity index (χ1) is 12.2. The third-order valence-electron chi connectivity index (χ3n) is 5.15. The summed E-state index contributed by atoms with van der Waals surface area (Å²) in [5.41, 5.74) is 1.18. The van der Waals surface area contributed by atoms with Gasteiger partial charge in [0.15, 0.2) is 0 Å². The number of carbonyl (C=O) groups is 1. The molecule has 2 atom stereocenters. The lowest BCUT2D eigenvalue weighted by Gasteiger charge is -2.36. The summed E-state index contributed by atoms with van der Waals surface area (Å²) in [6, 6.07) is 12.3. The number of ether oxygens (including phenoxy) is 1. The molecule has 6 heteroatoms. The maximum Gasteiger partial charge on any atom is 0.228 e. The zero-order valence-electron chi connectivity index (χ0n) is 14.3. The molecule has 1 amide bonds. The minimum atomic E-state index is 0.0309. The maximum absolute atomic E-state index is 13.0. The molecule has 6 nitrogen and oxygen atoms in total. The molecule has 1 aromatic heterocycles. The summed E-state index contributed by atoms with van der Waals surface area (Å²) in [6.45, 7) is 2.19. The second-order valence-electron chi connectivity index (χ2n) is 6.70. The van der Waals surface area contributed by atoms with Crippen LogP contribution in [0, 0.1) is 5.92 Å². The van der Waals surface area contributed by atoms with E-state index in [1.807, 2.05) is 24.3 Å². The van der Waals surface area contributed by atoms with Crippen molar-refractivity contribution in [1.82, 2.24) is 14.9 Å². The molecular formula is C19H22N4O2. The Balaban J connectivity index is 1.58. The molecule has 5 rings (SSSR count). The third kappa shape index (κ3) is 3.16. The van der Waals surface area contributed by atoms with Gasteiger partial charge in [0.05, 0.1) is 13.0 Å². The average Bonchev–Trinajstić information content (AvgIpc) is 2.95. The van der Waals surface area contributed by atoms with Crippen molar-refractivity contribution in [3.8, 4) is 5.88 Å². The lowest BCUT2D eigenvalue weighted by atomic mass is 9.93. The third-order valence-corrected chi connectivity index (χ3v) is 5.15. The van der Waals surface area contributed by atoms with Crippen LogP contribution in [0.3, 0.4) is 0 Å². The molecule has 2 aromatic rings. The van der Waals surface area contributed by atoms with E-state index in [0.29, 0.717) is 19.0 Å². The van der Waals surface area contributed by atoms with E-state index in [1.54, 1.807) is 7.11 Å². The number of nitrogens with zero attached hydrogens (tertiary/aromatic N) is 4. The summed E-state index contributed by atoms with van der Waals surface area (Å²) >= 11 is 0. The zero-order valence-corrected chi connectivity index (χ0v) is 14.3. The predicted molar refractivity (Wildman–Crippen MR) is 94.3 cm³/mol. The Hall–Kier alpha value is -2.63. The number of hydrogen-bond donors (Lipinski definition) is 0. The number of anilines is 1. The van der Waals surface area contributed by atoms with Gasteiger partial charge in [0.25, 0.3) is 0 Å². The van der Waals surface area contributed by atoms with Crippen LogP contribution in [-0.2, 0) is 11.3 Å². The van der Waals surface area contributed by atoms with Crippen LogP contribution >= 0.6 is 0 Å². The van der Waals surface area contributed by atoms with Crippen LogP contribution in [0.1, 0.15) is 18.4 Å². The fourth-order valence-corrected chi connectivity index (χ4v) is 3.83. The molecule has 0 aliphatic carbocycles. The number of aromatic nitrogens is 2. The van der Waals surface area contributed by atoms with Gasteiger partial charge in [-0.3, -0.25) is 4.79 Å². The Kier molecular flexibility index (Phi) is 4.26. The highest BCUT2D eigenvalue weighted by atomic mass is 16.5. The first kappa shape index (κ1) is 15.9. The van der Waals surface area contributed by atoms with Gasteiger partial charge < -0.3 is 14.5 Å². The highest BCUT2D eigenvalue weighted by molar-refractivity contribution is 5.81. The van der Waals surface area contributed by atoms with Crippen molar-refractivity contribution in [2.75, 3.05) is 25.1 Å². The second kappa shape index (κ2) is 6.70. The summed E-state index contributed by atoms with van der Waals surface area (Å²) in [4.78, 5) is 25.7. The van der Waals surface area contributed by atoms with Crippen LogP contribution in [0.2, 0.25) is 0 Å². The molecule has 130 valence electrons. The number of methoxy groups -OCH3 is 1. The molecule has 3 aliphatic rings. The number of carbonyl (C=O) groups excluding carboxylic acids is 1. The van der Waals surface area contributed by atoms with Crippen LogP contribution in [0.25, 0.3) is 0 Å². The number of piperidine rings is 1. The van der Waals surface area contributed by atoms with Gasteiger partial charge in [0.2, 0.25) is 11.8 Å². The standard InChI is InChI=1S/C19H22N4O2/c1-25-18-9-17(20-13-21-18)22-11-15-7-8-16(12-22)23(19(15)24)10-14-5-3-2-4-6-14/h2-6,9,13,15-16H,7-8,10-12H2,1H3/t15-,16+/m1/s1. The predicted octanol–water partition coefficient (Wildman–Crippen LogP) is 2.11. The number of amides is 1. The first-order valence-corrected chi connectivity index (χ1v) is 8.70. The van der Waals surface area contributed by atoms with E-state index >= 15 is 0 Å². The van der Waals surface area contributed by atoms with Gasteiger partial charge in [0.1, 0.15) is 12.1 Å². The Morgan fingerprint density at radius 2 is 2.00 bits per heavy atom. The van der Waals surface area contributed by atoms with Gasteiger partial charge in [-0.1, -0.05) is 30.3 Å². The average molecular weight is 338 g/mol. The Morgan fingerprint density at radius 1 is 1.16 bits per heavy atom. The van der Waals surface area contributed by atoms with Gasteiger partial charge in [-0.15, -0.1) is 0 Å². The normalized spacial score (nSPS) is 22.8. The molecule has 0 saturated carbocycles. The quantitative estimate of drug-likeness (QED) is 0.855. The summed E-state index contributed by atoms with van der Waals surface area (Å²) in [5, 5.41) is 0. The molecule has 2 bridgehead atoms. The fraction of sp³-hybridized carbons (Fsp3) is 0.421. The first-order valence-electron chi connectivity index (χ1n) is 8.70. The Morgan fingerprint density at radius 3 is 2.80 bits per heavy atom. The van der Waals surface area contributed by atoms with Crippen molar-refractivity contribution in [2.24, 2.45) is 5.92 Å². The molecule has 3 saturated heterocycles. The molecular weight excluding hydrogens is 316 g/mol. The van der Waals surface area contributed by atoms with Crippen molar-refractivity contribution < 1.29 is 9.53 Å². The van der Waals surface area contributed by atoms with Gasteiger partial charge in [-0.2, -0.15) is 0 Å².